The van der Waals surface area contributed by atoms with Crippen LogP contribution in [-0.2, 0) is 4.79 Å². The van der Waals surface area contributed by atoms with Crippen LogP contribution in [0.3, 0.4) is 0 Å². The zero-order valence-corrected chi connectivity index (χ0v) is 12.3. The van der Waals surface area contributed by atoms with E-state index in [0.717, 1.165) is 5.56 Å². The normalized spacial score (nSPS) is 10.1. The lowest BCUT2D eigenvalue weighted by Crippen LogP contribution is -2.20. The average Bonchev–Trinajstić information content (AvgIpc) is 2.48. The summed E-state index contributed by atoms with van der Waals surface area (Å²) in [6.07, 6.45) is 0. The second-order valence-corrected chi connectivity index (χ2v) is 4.91. The van der Waals surface area contributed by atoms with Crippen molar-refractivity contribution in [2.24, 2.45) is 0 Å². The highest BCUT2D eigenvalue weighted by Crippen LogP contribution is 2.23. The van der Waals surface area contributed by atoms with Gasteiger partial charge in [-0.2, -0.15) is 0 Å². The van der Waals surface area contributed by atoms with Gasteiger partial charge in [0.05, 0.1) is 4.92 Å². The standard InChI is InChI=1S/C16H16N2O4/c1-11-3-5-13(6-4-11)17-16(19)10-22-15-8-7-14(18(20)21)9-12(15)2/h3-9H,10H2,1-2H3,(H,17,19). The van der Waals surface area contributed by atoms with Gasteiger partial charge in [0.25, 0.3) is 11.6 Å². The zero-order chi connectivity index (χ0) is 16.1. The molecule has 0 radical (unpaired) electrons. The highest BCUT2D eigenvalue weighted by Gasteiger charge is 2.10. The van der Waals surface area contributed by atoms with Crippen LogP contribution >= 0.6 is 0 Å². The lowest BCUT2D eigenvalue weighted by molar-refractivity contribution is -0.384. The first kappa shape index (κ1) is 15.5. The van der Waals surface area contributed by atoms with Crippen molar-refractivity contribution in [2.45, 2.75) is 13.8 Å². The van der Waals surface area contributed by atoms with Crippen LogP contribution in [0.1, 0.15) is 11.1 Å². The first-order chi connectivity index (χ1) is 10.5. The number of hydrogen-bond donors (Lipinski definition) is 1. The van der Waals surface area contributed by atoms with Crippen molar-refractivity contribution in [1.29, 1.82) is 0 Å². The first-order valence-corrected chi connectivity index (χ1v) is 6.70. The summed E-state index contributed by atoms with van der Waals surface area (Å²) in [6.45, 7) is 3.50. The Hall–Kier alpha value is -2.89. The van der Waals surface area contributed by atoms with E-state index >= 15 is 0 Å². The molecule has 1 N–H and O–H groups in total. The molecule has 0 atom stereocenters. The molecule has 0 aliphatic carbocycles. The van der Waals surface area contributed by atoms with Crippen LogP contribution in [0.15, 0.2) is 42.5 Å². The first-order valence-electron chi connectivity index (χ1n) is 6.70. The maximum atomic E-state index is 11.8. The molecule has 2 rings (SSSR count). The molecule has 0 unspecified atom stereocenters. The SMILES string of the molecule is Cc1ccc(NC(=O)COc2ccc([N+](=O)[O-])cc2C)cc1. The highest BCUT2D eigenvalue weighted by atomic mass is 16.6. The molecule has 0 aromatic heterocycles. The molecule has 2 aromatic rings. The van der Waals surface area contributed by atoms with Crippen molar-refractivity contribution >= 4 is 17.3 Å². The monoisotopic (exact) mass is 300 g/mol. The third kappa shape index (κ3) is 4.05. The van der Waals surface area contributed by atoms with E-state index in [1.165, 1.54) is 18.2 Å². The predicted octanol–water partition coefficient (Wildman–Crippen LogP) is 3.23. The minimum atomic E-state index is -0.471. The van der Waals surface area contributed by atoms with Crippen LogP contribution in [0.2, 0.25) is 0 Å². The number of benzene rings is 2. The van der Waals surface area contributed by atoms with Gasteiger partial charge in [-0.15, -0.1) is 0 Å². The van der Waals surface area contributed by atoms with E-state index < -0.39 is 4.92 Å². The Kier molecular flexibility index (Phi) is 4.73. The zero-order valence-electron chi connectivity index (χ0n) is 12.3. The Morgan fingerprint density at radius 3 is 2.45 bits per heavy atom. The average molecular weight is 300 g/mol. The van der Waals surface area contributed by atoms with Gasteiger partial charge < -0.3 is 10.1 Å². The van der Waals surface area contributed by atoms with Gasteiger partial charge in [-0.1, -0.05) is 17.7 Å². The maximum Gasteiger partial charge on any atom is 0.269 e. The molecular formula is C16H16N2O4. The number of ether oxygens (including phenoxy) is 1. The molecule has 2 aromatic carbocycles. The van der Waals surface area contributed by atoms with Gasteiger partial charge in [0.1, 0.15) is 5.75 Å². The van der Waals surface area contributed by atoms with E-state index in [1.807, 2.05) is 31.2 Å². The molecule has 0 fully saturated rings. The Morgan fingerprint density at radius 1 is 1.18 bits per heavy atom. The van der Waals surface area contributed by atoms with Crippen LogP contribution in [0, 0.1) is 24.0 Å². The number of carbonyl (C=O) groups is 1. The second-order valence-electron chi connectivity index (χ2n) is 4.91. The molecule has 0 spiro atoms. The molecule has 22 heavy (non-hydrogen) atoms. The molecule has 0 bridgehead atoms. The maximum absolute atomic E-state index is 11.8. The van der Waals surface area contributed by atoms with Gasteiger partial charge in [0.2, 0.25) is 0 Å². The fraction of sp³-hybridized carbons (Fsp3) is 0.188. The number of carbonyl (C=O) groups excluding carboxylic acids is 1. The lowest BCUT2D eigenvalue weighted by atomic mass is 10.2. The minimum absolute atomic E-state index is 0.00560. The third-order valence-corrected chi connectivity index (χ3v) is 3.06. The van der Waals surface area contributed by atoms with Crippen molar-refractivity contribution in [3.63, 3.8) is 0 Å². The van der Waals surface area contributed by atoms with Crippen LogP contribution < -0.4 is 10.1 Å². The van der Waals surface area contributed by atoms with Crippen molar-refractivity contribution in [3.05, 3.63) is 63.7 Å². The van der Waals surface area contributed by atoms with Gasteiger partial charge in [0, 0.05) is 17.8 Å². The van der Waals surface area contributed by atoms with Gasteiger partial charge in [-0.05, 0) is 37.6 Å². The molecule has 0 heterocycles. The van der Waals surface area contributed by atoms with E-state index in [9.17, 15) is 14.9 Å². The summed E-state index contributed by atoms with van der Waals surface area (Å²) >= 11 is 0. The number of nitro benzene ring substituents is 1. The van der Waals surface area contributed by atoms with Gasteiger partial charge >= 0.3 is 0 Å². The number of hydrogen-bond acceptors (Lipinski definition) is 4. The molecule has 0 aliphatic heterocycles. The van der Waals surface area contributed by atoms with Gasteiger partial charge in [-0.3, -0.25) is 14.9 Å². The third-order valence-electron chi connectivity index (χ3n) is 3.06. The van der Waals surface area contributed by atoms with Gasteiger partial charge in [-0.25, -0.2) is 0 Å². The molecule has 6 heteroatoms. The molecular weight excluding hydrogens is 284 g/mol. The lowest BCUT2D eigenvalue weighted by Gasteiger charge is -2.09. The van der Waals surface area contributed by atoms with Gasteiger partial charge in [0.15, 0.2) is 6.61 Å². The number of nitrogens with zero attached hydrogens (tertiary/aromatic N) is 1. The van der Waals surface area contributed by atoms with Crippen LogP contribution in [0.4, 0.5) is 11.4 Å². The van der Waals surface area contributed by atoms with E-state index in [4.69, 9.17) is 4.74 Å². The van der Waals surface area contributed by atoms with Crippen LogP contribution in [0.25, 0.3) is 0 Å². The van der Waals surface area contributed by atoms with Crippen LogP contribution in [-0.4, -0.2) is 17.4 Å². The quantitative estimate of drug-likeness (QED) is 0.679. The summed E-state index contributed by atoms with van der Waals surface area (Å²) in [7, 11) is 0. The van der Waals surface area contributed by atoms with E-state index in [0.29, 0.717) is 17.0 Å². The number of nitro groups is 1. The Morgan fingerprint density at radius 2 is 1.86 bits per heavy atom. The van der Waals surface area contributed by atoms with Crippen LogP contribution in [0.5, 0.6) is 5.75 Å². The summed E-state index contributed by atoms with van der Waals surface area (Å²) in [6, 6.07) is 11.7. The molecule has 6 nitrogen and oxygen atoms in total. The van der Waals surface area contributed by atoms with Crippen molar-refractivity contribution in [3.8, 4) is 5.75 Å². The summed E-state index contributed by atoms with van der Waals surface area (Å²) in [5, 5.41) is 13.4. The summed E-state index contributed by atoms with van der Waals surface area (Å²) in [5.74, 6) is 0.159. The number of non-ortho nitro benzene ring substituents is 1. The minimum Gasteiger partial charge on any atom is -0.483 e. The number of aryl methyl sites for hydroxylation is 2. The van der Waals surface area contributed by atoms with Crippen molar-refractivity contribution in [1.82, 2.24) is 0 Å². The summed E-state index contributed by atoms with van der Waals surface area (Å²) in [4.78, 5) is 22.0. The van der Waals surface area contributed by atoms with E-state index in [1.54, 1.807) is 6.92 Å². The molecule has 0 aliphatic rings. The molecule has 0 saturated heterocycles. The molecule has 1 amide bonds. The van der Waals surface area contributed by atoms with E-state index in [-0.39, 0.29) is 18.2 Å². The topological polar surface area (TPSA) is 81.5 Å². The second kappa shape index (κ2) is 6.71. The van der Waals surface area contributed by atoms with E-state index in [2.05, 4.69) is 5.32 Å². The fourth-order valence-electron chi connectivity index (χ4n) is 1.89. The number of rotatable bonds is 5. The molecule has 114 valence electrons. The molecule has 0 saturated carbocycles. The Bertz CT molecular complexity index is 696. The van der Waals surface area contributed by atoms with Crippen molar-refractivity contribution in [2.75, 3.05) is 11.9 Å². The smallest absolute Gasteiger partial charge is 0.269 e. The Labute approximate surface area is 127 Å². The largest absolute Gasteiger partial charge is 0.483 e. The number of nitrogens with one attached hydrogen (secondary N) is 1. The summed E-state index contributed by atoms with van der Waals surface area (Å²) < 4.78 is 5.39. The van der Waals surface area contributed by atoms with Crippen molar-refractivity contribution < 1.29 is 14.5 Å². The summed E-state index contributed by atoms with van der Waals surface area (Å²) in [5.41, 5.74) is 2.40. The fourth-order valence-corrected chi connectivity index (χ4v) is 1.89. The Balaban J connectivity index is 1.93. The number of amides is 1. The highest BCUT2D eigenvalue weighted by molar-refractivity contribution is 5.91. The predicted molar refractivity (Wildman–Crippen MR) is 83.1 cm³/mol. The number of anilines is 1.